The van der Waals surface area contributed by atoms with E-state index >= 15 is 0 Å². The van der Waals surface area contributed by atoms with Crippen molar-refractivity contribution in [3.63, 3.8) is 0 Å². The fourth-order valence-electron chi connectivity index (χ4n) is 2.82. The van der Waals surface area contributed by atoms with Gasteiger partial charge in [-0.15, -0.1) is 0 Å². The molecule has 0 heterocycles. The fourth-order valence-corrected chi connectivity index (χ4v) is 3.07. The first-order chi connectivity index (χ1) is 12.3. The summed E-state index contributed by atoms with van der Waals surface area (Å²) in [6, 6.07) is 5.49. The van der Waals surface area contributed by atoms with Gasteiger partial charge in [-0.3, -0.25) is 14.9 Å². The molecule has 0 radical (unpaired) electrons. The molecule has 2 rings (SSSR count). The van der Waals surface area contributed by atoms with E-state index in [2.05, 4.69) is 11.4 Å². The molecule has 8 nitrogen and oxygen atoms in total. The maximum absolute atomic E-state index is 12.3. The SMILES string of the molecule is C[C@@H](OC(=O)c1ccc([N+](=O)[O-])cc1Cl)C(=O)NC1(C#N)CCCCC1. The first kappa shape index (κ1) is 19.7. The number of ether oxygens (including phenoxy) is 1. The average Bonchev–Trinajstić information content (AvgIpc) is 2.62. The molecule has 1 aromatic carbocycles. The minimum absolute atomic E-state index is 0.0791. The van der Waals surface area contributed by atoms with E-state index in [-0.39, 0.29) is 16.3 Å². The van der Waals surface area contributed by atoms with Crippen molar-refractivity contribution in [3.8, 4) is 6.07 Å². The zero-order chi connectivity index (χ0) is 19.3. The van der Waals surface area contributed by atoms with E-state index in [0.29, 0.717) is 12.8 Å². The maximum atomic E-state index is 12.3. The third-order valence-electron chi connectivity index (χ3n) is 4.32. The lowest BCUT2D eigenvalue weighted by Crippen LogP contribution is -2.52. The monoisotopic (exact) mass is 379 g/mol. The zero-order valence-corrected chi connectivity index (χ0v) is 14.9. The van der Waals surface area contributed by atoms with Crippen molar-refractivity contribution in [1.82, 2.24) is 5.32 Å². The number of esters is 1. The normalized spacial score (nSPS) is 16.8. The van der Waals surface area contributed by atoms with Crippen LogP contribution in [0.5, 0.6) is 0 Å². The molecule has 1 aliphatic rings. The Morgan fingerprint density at radius 3 is 2.58 bits per heavy atom. The van der Waals surface area contributed by atoms with Crippen LogP contribution in [0.3, 0.4) is 0 Å². The predicted molar refractivity (Wildman–Crippen MR) is 92.6 cm³/mol. The Bertz CT molecular complexity index is 768. The van der Waals surface area contributed by atoms with E-state index in [9.17, 15) is 25.0 Å². The number of halogens is 1. The smallest absolute Gasteiger partial charge is 0.340 e. The Hall–Kier alpha value is -2.66. The number of nitrogens with zero attached hydrogens (tertiary/aromatic N) is 2. The van der Waals surface area contributed by atoms with Crippen molar-refractivity contribution in [2.24, 2.45) is 0 Å². The van der Waals surface area contributed by atoms with Gasteiger partial charge in [0.2, 0.25) is 0 Å². The Balaban J connectivity index is 2.03. The van der Waals surface area contributed by atoms with Gasteiger partial charge in [0.25, 0.3) is 11.6 Å². The third kappa shape index (κ3) is 4.49. The number of nitriles is 1. The van der Waals surface area contributed by atoms with Crippen LogP contribution in [0.1, 0.15) is 49.4 Å². The largest absolute Gasteiger partial charge is 0.449 e. The van der Waals surface area contributed by atoms with Crippen molar-refractivity contribution < 1.29 is 19.2 Å². The molecule has 0 aromatic heterocycles. The van der Waals surface area contributed by atoms with Crippen LogP contribution in [-0.4, -0.2) is 28.4 Å². The van der Waals surface area contributed by atoms with Crippen LogP contribution in [0.4, 0.5) is 5.69 Å². The minimum Gasteiger partial charge on any atom is -0.449 e. The van der Waals surface area contributed by atoms with Crippen LogP contribution < -0.4 is 5.32 Å². The Kier molecular flexibility index (Phi) is 6.16. The Labute approximate surface area is 155 Å². The van der Waals surface area contributed by atoms with E-state index < -0.39 is 28.4 Å². The highest BCUT2D eigenvalue weighted by Gasteiger charge is 2.35. The van der Waals surface area contributed by atoms with Gasteiger partial charge in [-0.25, -0.2) is 4.79 Å². The van der Waals surface area contributed by atoms with Crippen molar-refractivity contribution in [3.05, 3.63) is 38.9 Å². The van der Waals surface area contributed by atoms with Crippen molar-refractivity contribution >= 4 is 29.2 Å². The molecule has 26 heavy (non-hydrogen) atoms. The number of carbonyl (C=O) groups is 2. The molecule has 1 amide bonds. The number of non-ortho nitro benzene ring substituents is 1. The number of benzene rings is 1. The topological polar surface area (TPSA) is 122 Å². The number of nitrogens with one attached hydrogen (secondary N) is 1. The van der Waals surface area contributed by atoms with E-state index in [4.69, 9.17) is 16.3 Å². The number of hydrogen-bond donors (Lipinski definition) is 1. The fraction of sp³-hybridized carbons (Fsp3) is 0.471. The molecule has 0 bridgehead atoms. The van der Waals surface area contributed by atoms with Gasteiger partial charge in [-0.2, -0.15) is 5.26 Å². The number of rotatable bonds is 5. The molecule has 1 saturated carbocycles. The van der Waals surface area contributed by atoms with E-state index in [1.807, 2.05) is 0 Å². The summed E-state index contributed by atoms with van der Waals surface area (Å²) in [5, 5.41) is 22.6. The zero-order valence-electron chi connectivity index (χ0n) is 14.2. The summed E-state index contributed by atoms with van der Waals surface area (Å²) in [5.74, 6) is -1.44. The van der Waals surface area contributed by atoms with Crippen LogP contribution in [0.25, 0.3) is 0 Å². The van der Waals surface area contributed by atoms with Gasteiger partial charge in [0.05, 0.1) is 21.6 Å². The number of amides is 1. The van der Waals surface area contributed by atoms with Crippen LogP contribution in [0, 0.1) is 21.4 Å². The molecule has 9 heteroatoms. The molecular formula is C17H18ClN3O5. The second-order valence-electron chi connectivity index (χ2n) is 6.21. The highest BCUT2D eigenvalue weighted by molar-refractivity contribution is 6.33. The van der Waals surface area contributed by atoms with Crippen LogP contribution in [-0.2, 0) is 9.53 Å². The summed E-state index contributed by atoms with van der Waals surface area (Å²) in [5.41, 5.74) is -1.27. The lowest BCUT2D eigenvalue weighted by Gasteiger charge is -2.32. The summed E-state index contributed by atoms with van der Waals surface area (Å²) in [7, 11) is 0. The molecule has 1 fully saturated rings. The second kappa shape index (κ2) is 8.15. The highest BCUT2D eigenvalue weighted by Crippen LogP contribution is 2.28. The summed E-state index contributed by atoms with van der Waals surface area (Å²) in [6.45, 7) is 1.39. The molecule has 0 saturated heterocycles. The van der Waals surface area contributed by atoms with E-state index in [0.717, 1.165) is 31.4 Å². The Morgan fingerprint density at radius 1 is 1.38 bits per heavy atom. The summed E-state index contributed by atoms with van der Waals surface area (Å²) >= 11 is 5.88. The van der Waals surface area contributed by atoms with Gasteiger partial charge >= 0.3 is 5.97 Å². The maximum Gasteiger partial charge on any atom is 0.340 e. The molecule has 0 spiro atoms. The molecule has 0 aliphatic heterocycles. The molecule has 1 aliphatic carbocycles. The van der Waals surface area contributed by atoms with Crippen molar-refractivity contribution in [1.29, 1.82) is 5.26 Å². The quantitative estimate of drug-likeness (QED) is 0.476. The van der Waals surface area contributed by atoms with Gasteiger partial charge in [0.1, 0.15) is 5.54 Å². The summed E-state index contributed by atoms with van der Waals surface area (Å²) < 4.78 is 5.10. The number of carbonyl (C=O) groups excluding carboxylic acids is 2. The van der Waals surface area contributed by atoms with Crippen LogP contribution in [0.2, 0.25) is 5.02 Å². The minimum atomic E-state index is -1.14. The van der Waals surface area contributed by atoms with Gasteiger partial charge in [0, 0.05) is 12.1 Å². The predicted octanol–water partition coefficient (Wildman–Crippen LogP) is 3.14. The number of nitro benzene ring substituents is 1. The van der Waals surface area contributed by atoms with Gasteiger partial charge in [-0.1, -0.05) is 30.9 Å². The summed E-state index contributed by atoms with van der Waals surface area (Å²) in [6.07, 6.45) is 2.69. The highest BCUT2D eigenvalue weighted by atomic mass is 35.5. The van der Waals surface area contributed by atoms with E-state index in [1.165, 1.54) is 13.0 Å². The van der Waals surface area contributed by atoms with Gasteiger partial charge in [0.15, 0.2) is 6.10 Å². The number of hydrogen-bond acceptors (Lipinski definition) is 6. The van der Waals surface area contributed by atoms with Crippen LogP contribution in [0.15, 0.2) is 18.2 Å². The first-order valence-electron chi connectivity index (χ1n) is 8.16. The molecule has 138 valence electrons. The third-order valence-corrected chi connectivity index (χ3v) is 4.63. The standard InChI is InChI=1S/C17H18ClN3O5/c1-11(15(22)20-17(10-19)7-3-2-4-8-17)26-16(23)13-6-5-12(21(24)25)9-14(13)18/h5-6,9,11H,2-4,7-8H2,1H3,(H,20,22)/t11-/m1/s1. The molecule has 0 unspecified atom stereocenters. The second-order valence-corrected chi connectivity index (χ2v) is 6.62. The lowest BCUT2D eigenvalue weighted by molar-refractivity contribution is -0.384. The molecule has 1 N–H and O–H groups in total. The molecule has 1 atom stereocenters. The van der Waals surface area contributed by atoms with Gasteiger partial charge < -0.3 is 10.1 Å². The number of nitro groups is 1. The van der Waals surface area contributed by atoms with E-state index in [1.54, 1.807) is 0 Å². The van der Waals surface area contributed by atoms with Crippen LogP contribution >= 0.6 is 11.6 Å². The average molecular weight is 380 g/mol. The molecule has 1 aromatic rings. The Morgan fingerprint density at radius 2 is 2.04 bits per heavy atom. The summed E-state index contributed by atoms with van der Waals surface area (Å²) in [4.78, 5) is 34.6. The molecular weight excluding hydrogens is 362 g/mol. The lowest BCUT2D eigenvalue weighted by atomic mass is 9.83. The van der Waals surface area contributed by atoms with Gasteiger partial charge in [-0.05, 0) is 25.8 Å². The van der Waals surface area contributed by atoms with Crippen molar-refractivity contribution in [2.75, 3.05) is 0 Å². The first-order valence-corrected chi connectivity index (χ1v) is 8.54. The van der Waals surface area contributed by atoms with Crippen molar-refractivity contribution in [2.45, 2.75) is 50.7 Å².